The number of fused-ring (bicyclic) bond motifs is 1. The molecule has 2 heterocycles. The van der Waals surface area contributed by atoms with Gasteiger partial charge in [-0.2, -0.15) is 0 Å². The largest absolute Gasteiger partial charge is 0.422 e. The smallest absolute Gasteiger partial charge is 0.396 e. The minimum atomic E-state index is -3.63. The van der Waals surface area contributed by atoms with Crippen LogP contribution in [0.4, 0.5) is 0 Å². The zero-order chi connectivity index (χ0) is 29.6. The van der Waals surface area contributed by atoms with Crippen LogP contribution in [0.2, 0.25) is 0 Å². The molecule has 0 aromatic heterocycles. The van der Waals surface area contributed by atoms with Crippen LogP contribution in [0.1, 0.15) is 64.5 Å². The highest BCUT2D eigenvalue weighted by Crippen LogP contribution is 2.61. The van der Waals surface area contributed by atoms with E-state index >= 15 is 4.57 Å². The predicted molar refractivity (Wildman–Crippen MR) is 170 cm³/mol. The lowest BCUT2D eigenvalue weighted by Crippen LogP contribution is -2.49. The summed E-state index contributed by atoms with van der Waals surface area (Å²) in [6.07, 6.45) is 4.58. The van der Waals surface area contributed by atoms with E-state index in [1.54, 1.807) is 0 Å². The minimum Gasteiger partial charge on any atom is -0.422 e. The van der Waals surface area contributed by atoms with Crippen molar-refractivity contribution in [2.24, 2.45) is 0 Å². The average molecular weight is 591 g/mol. The Labute approximate surface area is 252 Å². The lowest BCUT2D eigenvalue weighted by molar-refractivity contribution is -0.155. The van der Waals surface area contributed by atoms with Crippen molar-refractivity contribution in [1.29, 1.82) is 0 Å². The number of rotatable bonds is 12. The summed E-state index contributed by atoms with van der Waals surface area (Å²) in [5.41, 5.74) is 2.37. The lowest BCUT2D eigenvalue weighted by Gasteiger charge is -2.42. The van der Waals surface area contributed by atoms with Crippen LogP contribution in [0.5, 0.6) is 5.75 Å². The van der Waals surface area contributed by atoms with Gasteiger partial charge in [-0.3, -0.25) is 0 Å². The van der Waals surface area contributed by atoms with Gasteiger partial charge in [0.05, 0.1) is 12.1 Å². The number of nitrogens with zero attached hydrogens (tertiary/aromatic N) is 2. The van der Waals surface area contributed by atoms with Crippen LogP contribution in [-0.2, 0) is 26.9 Å². The molecule has 0 unspecified atom stereocenters. The number of para-hydroxylation sites is 1. The van der Waals surface area contributed by atoms with Crippen LogP contribution >= 0.6 is 7.67 Å². The molecule has 2 aliphatic rings. The Morgan fingerprint density at radius 2 is 1.10 bits per heavy atom. The normalized spacial score (nSPS) is 25.5. The summed E-state index contributed by atoms with van der Waals surface area (Å²) >= 11 is 0. The highest BCUT2D eigenvalue weighted by Gasteiger charge is 2.60. The number of benzene rings is 3. The maximum atomic E-state index is 16.0. The van der Waals surface area contributed by atoms with Crippen LogP contribution in [0, 0.1) is 0 Å². The third kappa shape index (κ3) is 7.01. The highest BCUT2D eigenvalue weighted by atomic mass is 31.2. The molecule has 42 heavy (non-hydrogen) atoms. The van der Waals surface area contributed by atoms with E-state index in [1.807, 2.05) is 56.3 Å². The Hall–Kier alpha value is -2.47. The van der Waals surface area contributed by atoms with Gasteiger partial charge in [-0.05, 0) is 62.8 Å². The van der Waals surface area contributed by atoms with E-state index < -0.39 is 13.5 Å². The molecule has 0 aliphatic carbocycles. The summed E-state index contributed by atoms with van der Waals surface area (Å²) < 4.78 is 40.8. The van der Waals surface area contributed by atoms with Crippen LogP contribution in [-0.4, -0.2) is 52.5 Å². The molecule has 7 heteroatoms. The fourth-order valence-corrected chi connectivity index (χ4v) is 9.24. The predicted octanol–water partition coefficient (Wildman–Crippen LogP) is 8.13. The second-order valence-corrected chi connectivity index (χ2v) is 14.2. The Bertz CT molecular complexity index is 1210. The molecule has 2 fully saturated rings. The van der Waals surface area contributed by atoms with Gasteiger partial charge in [-0.25, -0.2) is 13.9 Å². The molecular formula is C35H47N2O4P. The van der Waals surface area contributed by atoms with E-state index in [9.17, 15) is 0 Å². The summed E-state index contributed by atoms with van der Waals surface area (Å²) in [6, 6.07) is 30.2. The molecule has 3 aromatic rings. The summed E-state index contributed by atoms with van der Waals surface area (Å²) in [5, 5.41) is 0. The van der Waals surface area contributed by atoms with Crippen molar-refractivity contribution in [3.8, 4) is 5.75 Å². The van der Waals surface area contributed by atoms with Crippen molar-refractivity contribution < 1.29 is 18.6 Å². The maximum Gasteiger partial charge on any atom is 0.396 e. The van der Waals surface area contributed by atoms with Gasteiger partial charge in [0.2, 0.25) is 0 Å². The van der Waals surface area contributed by atoms with Gasteiger partial charge in [-0.15, -0.1) is 0 Å². The minimum absolute atomic E-state index is 0.204. The van der Waals surface area contributed by atoms with Gasteiger partial charge in [-0.1, -0.05) is 106 Å². The first-order valence-electron chi connectivity index (χ1n) is 15.7. The first-order chi connectivity index (χ1) is 20.3. The molecule has 2 saturated heterocycles. The summed E-state index contributed by atoms with van der Waals surface area (Å²) in [6.45, 7) is 9.67. The summed E-state index contributed by atoms with van der Waals surface area (Å²) in [5.74, 6) is -0.136. The van der Waals surface area contributed by atoms with Gasteiger partial charge < -0.3 is 14.0 Å². The van der Waals surface area contributed by atoms with E-state index in [-0.39, 0.29) is 24.3 Å². The van der Waals surface area contributed by atoms with Gasteiger partial charge in [0, 0.05) is 13.1 Å². The first-order valence-corrected chi connectivity index (χ1v) is 17.2. The number of hydrogen-bond acceptors (Lipinski definition) is 4. The molecule has 0 radical (unpaired) electrons. The molecule has 3 aromatic carbocycles. The number of unbranched alkanes of at least 4 members (excludes halogenated alkanes) is 2. The molecule has 226 valence electrons. The van der Waals surface area contributed by atoms with E-state index in [0.29, 0.717) is 31.7 Å². The third-order valence-electron chi connectivity index (χ3n) is 8.36. The topological polar surface area (TPSA) is 51.2 Å². The Kier molecular flexibility index (Phi) is 10.2. The zero-order valence-corrected chi connectivity index (χ0v) is 26.5. The molecule has 0 N–H and O–H groups in total. The molecule has 0 spiro atoms. The fourth-order valence-electron chi connectivity index (χ4n) is 6.38. The second kappa shape index (κ2) is 13.9. The third-order valence-corrected chi connectivity index (χ3v) is 11.1. The van der Waals surface area contributed by atoms with Crippen LogP contribution in [0.25, 0.3) is 0 Å². The molecule has 4 atom stereocenters. The Morgan fingerprint density at radius 3 is 1.50 bits per heavy atom. The molecule has 0 amide bonds. The van der Waals surface area contributed by atoms with Gasteiger partial charge in [0.15, 0.2) is 5.79 Å². The average Bonchev–Trinajstić information content (AvgIpc) is 3.30. The van der Waals surface area contributed by atoms with E-state index in [4.69, 9.17) is 14.0 Å². The molecule has 0 saturated carbocycles. The maximum absolute atomic E-state index is 16.0. The number of hydrogen-bond donors (Lipinski definition) is 0. The standard InChI is InChI=1S/C35H47N2O4P/c1-5-7-24-36-31(26-28-18-12-9-13-19-28)33-34(40-35(3,4)39-33)32(27-29-20-14-10-15-21-29)37(25-8-6-2)42(36,38)41-30-22-16-11-17-23-30/h9-23,31-34H,5-8,24-27H2,1-4H3/t31-,32-,33-,34-/m1/s1. The fraction of sp³-hybridized carbons (Fsp3) is 0.486. The molecule has 6 nitrogen and oxygen atoms in total. The first kappa shape index (κ1) is 31.0. The van der Waals surface area contributed by atoms with E-state index in [1.165, 1.54) is 11.1 Å². The monoisotopic (exact) mass is 590 g/mol. The van der Waals surface area contributed by atoms with Crippen molar-refractivity contribution in [2.75, 3.05) is 13.1 Å². The van der Waals surface area contributed by atoms with Crippen LogP contribution in [0.3, 0.4) is 0 Å². The Morgan fingerprint density at radius 1 is 0.690 bits per heavy atom. The Balaban J connectivity index is 1.70. The quantitative estimate of drug-likeness (QED) is 0.199. The van der Waals surface area contributed by atoms with Crippen molar-refractivity contribution in [2.45, 2.75) is 96.3 Å². The van der Waals surface area contributed by atoms with Crippen molar-refractivity contribution >= 4 is 7.67 Å². The van der Waals surface area contributed by atoms with E-state index in [0.717, 1.165) is 25.7 Å². The molecule has 5 rings (SSSR count). The van der Waals surface area contributed by atoms with Crippen molar-refractivity contribution in [1.82, 2.24) is 9.34 Å². The molecule has 0 bridgehead atoms. The summed E-state index contributed by atoms with van der Waals surface area (Å²) in [4.78, 5) is 0. The highest BCUT2D eigenvalue weighted by molar-refractivity contribution is 7.54. The van der Waals surface area contributed by atoms with Gasteiger partial charge in [0.1, 0.15) is 18.0 Å². The van der Waals surface area contributed by atoms with Gasteiger partial charge >= 0.3 is 7.67 Å². The second-order valence-electron chi connectivity index (χ2n) is 12.0. The SMILES string of the molecule is CCCCN1[C@H](Cc2ccccc2)[C@H]2OC(C)(C)O[C@@H]2[C@@H](Cc2ccccc2)N(CCCC)P1(=O)Oc1ccccc1. The van der Waals surface area contributed by atoms with Crippen molar-refractivity contribution in [3.05, 3.63) is 102 Å². The van der Waals surface area contributed by atoms with E-state index in [2.05, 4.69) is 71.7 Å². The zero-order valence-electron chi connectivity index (χ0n) is 25.6. The lowest BCUT2D eigenvalue weighted by atomic mass is 9.91. The number of ether oxygens (including phenoxy) is 2. The van der Waals surface area contributed by atoms with Crippen molar-refractivity contribution in [3.63, 3.8) is 0 Å². The molecular weight excluding hydrogens is 543 g/mol. The van der Waals surface area contributed by atoms with Crippen LogP contribution in [0.15, 0.2) is 91.0 Å². The van der Waals surface area contributed by atoms with Crippen LogP contribution < -0.4 is 4.52 Å². The molecule has 2 aliphatic heterocycles. The summed E-state index contributed by atoms with van der Waals surface area (Å²) in [7, 11) is -3.63. The van der Waals surface area contributed by atoms with Gasteiger partial charge in [0.25, 0.3) is 0 Å².